The molecule has 1 aliphatic rings. The Kier molecular flexibility index (Phi) is 3.50. The molecular weight excluding hydrogens is 291 g/mol. The lowest BCUT2D eigenvalue weighted by molar-refractivity contribution is -0.116. The number of benzene rings is 1. The van der Waals surface area contributed by atoms with Crippen molar-refractivity contribution in [1.82, 2.24) is 14.8 Å². The van der Waals surface area contributed by atoms with Crippen molar-refractivity contribution in [2.45, 2.75) is 19.5 Å². The van der Waals surface area contributed by atoms with Crippen LogP contribution >= 0.6 is 0 Å². The highest BCUT2D eigenvalue weighted by molar-refractivity contribution is 5.85. The minimum Gasteiger partial charge on any atom is -0.465 e. The molecule has 1 aliphatic heterocycles. The molecule has 1 aromatic heterocycles. The van der Waals surface area contributed by atoms with Crippen molar-refractivity contribution in [1.29, 1.82) is 0 Å². The fraction of sp³-hybridized carbons (Fsp3) is 0.214. The topological polar surface area (TPSA) is 87.5 Å². The minimum atomic E-state index is -0.995. The summed E-state index contributed by atoms with van der Waals surface area (Å²) in [6, 6.07) is 5.68. The maximum Gasteiger partial charge on any atom is 0.407 e. The molecular formula is C14H13FN4O3. The molecule has 0 atom stereocenters. The van der Waals surface area contributed by atoms with Gasteiger partial charge in [0, 0.05) is 5.56 Å². The maximum atomic E-state index is 12.8. The number of nitrogens with one attached hydrogen (secondary N) is 1. The Labute approximate surface area is 124 Å². The number of carbonyl (C=O) groups is 2. The molecule has 0 fully saturated rings. The van der Waals surface area contributed by atoms with Crippen LogP contribution in [0.5, 0.6) is 0 Å². The molecule has 114 valence electrons. The molecule has 1 aromatic carbocycles. The van der Waals surface area contributed by atoms with Crippen LogP contribution in [0, 0.1) is 5.82 Å². The summed E-state index contributed by atoms with van der Waals surface area (Å²) in [4.78, 5) is 25.3. The van der Waals surface area contributed by atoms with Gasteiger partial charge in [-0.05, 0) is 17.7 Å². The number of carbonyl (C=O) groups excluding carboxylic acids is 1. The molecule has 0 saturated heterocycles. The highest BCUT2D eigenvalue weighted by atomic mass is 19.1. The number of halogens is 1. The van der Waals surface area contributed by atoms with E-state index in [2.05, 4.69) is 10.5 Å². The summed E-state index contributed by atoms with van der Waals surface area (Å²) in [5.74, 6) is -0.640. The van der Waals surface area contributed by atoms with Gasteiger partial charge in [-0.3, -0.25) is 9.69 Å². The number of aromatic nitrogens is 2. The molecule has 0 bridgehead atoms. The highest BCUT2D eigenvalue weighted by Gasteiger charge is 2.26. The van der Waals surface area contributed by atoms with Crippen molar-refractivity contribution in [3.8, 4) is 0 Å². The zero-order chi connectivity index (χ0) is 15.7. The lowest BCUT2D eigenvalue weighted by Crippen LogP contribution is -2.27. The van der Waals surface area contributed by atoms with Crippen molar-refractivity contribution < 1.29 is 19.1 Å². The van der Waals surface area contributed by atoms with E-state index >= 15 is 0 Å². The van der Waals surface area contributed by atoms with E-state index in [0.717, 1.165) is 5.56 Å². The predicted octanol–water partition coefficient (Wildman–Crippen LogP) is 1.33. The van der Waals surface area contributed by atoms with Gasteiger partial charge in [-0.25, -0.2) is 14.6 Å². The molecule has 7 nitrogen and oxygen atoms in total. The van der Waals surface area contributed by atoms with Crippen molar-refractivity contribution in [2.24, 2.45) is 0 Å². The molecule has 2 heterocycles. The molecule has 22 heavy (non-hydrogen) atoms. The fourth-order valence-corrected chi connectivity index (χ4v) is 2.30. The van der Waals surface area contributed by atoms with E-state index in [9.17, 15) is 14.0 Å². The van der Waals surface area contributed by atoms with E-state index in [4.69, 9.17) is 5.11 Å². The lowest BCUT2D eigenvalue weighted by Gasteiger charge is -2.10. The van der Waals surface area contributed by atoms with Crippen LogP contribution in [0.1, 0.15) is 16.8 Å². The Hall–Kier alpha value is -2.90. The summed E-state index contributed by atoms with van der Waals surface area (Å²) in [5, 5.41) is 13.0. The van der Waals surface area contributed by atoms with Crippen LogP contribution in [-0.2, 0) is 24.3 Å². The molecule has 0 saturated carbocycles. The number of nitrogens with zero attached hydrogens (tertiary/aromatic N) is 3. The molecule has 2 aromatic rings. The second-order valence-electron chi connectivity index (χ2n) is 5.02. The van der Waals surface area contributed by atoms with Crippen molar-refractivity contribution >= 4 is 12.0 Å². The number of carboxylic acid groups (broad SMARTS) is 1. The van der Waals surface area contributed by atoms with E-state index in [1.807, 2.05) is 0 Å². The lowest BCUT2D eigenvalue weighted by atomic mass is 10.1. The Morgan fingerprint density at radius 3 is 2.64 bits per heavy atom. The van der Waals surface area contributed by atoms with Gasteiger partial charge in [0.1, 0.15) is 5.82 Å². The second kappa shape index (κ2) is 5.47. The van der Waals surface area contributed by atoms with E-state index in [-0.39, 0.29) is 31.2 Å². The van der Waals surface area contributed by atoms with E-state index < -0.39 is 6.09 Å². The van der Waals surface area contributed by atoms with E-state index in [0.29, 0.717) is 11.3 Å². The summed E-state index contributed by atoms with van der Waals surface area (Å²) in [6.45, 7) is 0.476. The molecule has 3 rings (SSSR count). The summed E-state index contributed by atoms with van der Waals surface area (Å²) in [7, 11) is 0. The summed E-state index contributed by atoms with van der Waals surface area (Å²) in [6.07, 6.45) is 0.706. The van der Waals surface area contributed by atoms with Crippen LogP contribution < -0.4 is 5.43 Å². The first kappa shape index (κ1) is 14.1. The Bertz CT molecular complexity index is 703. The van der Waals surface area contributed by atoms with Crippen LogP contribution in [0.4, 0.5) is 9.18 Å². The quantitative estimate of drug-likeness (QED) is 0.895. The molecule has 0 radical (unpaired) electrons. The molecule has 0 spiro atoms. The third-order valence-corrected chi connectivity index (χ3v) is 3.37. The number of fused-ring (bicyclic) bond motifs is 1. The van der Waals surface area contributed by atoms with Crippen LogP contribution in [0.2, 0.25) is 0 Å². The van der Waals surface area contributed by atoms with Crippen molar-refractivity contribution in [3.63, 3.8) is 0 Å². The summed E-state index contributed by atoms with van der Waals surface area (Å²) < 4.78 is 12.8. The van der Waals surface area contributed by atoms with Crippen LogP contribution in [0.15, 0.2) is 30.5 Å². The number of amides is 2. The zero-order valence-electron chi connectivity index (χ0n) is 11.5. The standard InChI is InChI=1S/C14H13FN4O3/c15-11-3-1-9(2-4-11)5-13(20)17-19-7-10-6-18(14(21)22)8-12(10)16-19/h1-4,7H,5-6,8H2,(H,17,20)(H,21,22). The van der Waals surface area contributed by atoms with E-state index in [1.165, 1.54) is 21.8 Å². The van der Waals surface area contributed by atoms with Gasteiger partial charge in [-0.2, -0.15) is 9.89 Å². The van der Waals surface area contributed by atoms with Crippen LogP contribution in [0.25, 0.3) is 0 Å². The zero-order valence-corrected chi connectivity index (χ0v) is 11.5. The number of hydrogen-bond donors (Lipinski definition) is 2. The van der Waals surface area contributed by atoms with Crippen LogP contribution in [0.3, 0.4) is 0 Å². The van der Waals surface area contributed by atoms with Gasteiger partial charge in [0.05, 0.1) is 31.4 Å². The van der Waals surface area contributed by atoms with Gasteiger partial charge in [0.2, 0.25) is 5.91 Å². The Balaban J connectivity index is 1.60. The van der Waals surface area contributed by atoms with Gasteiger partial charge in [0.25, 0.3) is 0 Å². The molecule has 0 unspecified atom stereocenters. The average Bonchev–Trinajstić information content (AvgIpc) is 2.99. The second-order valence-corrected chi connectivity index (χ2v) is 5.02. The monoisotopic (exact) mass is 304 g/mol. The summed E-state index contributed by atoms with van der Waals surface area (Å²) >= 11 is 0. The average molecular weight is 304 g/mol. The van der Waals surface area contributed by atoms with Crippen molar-refractivity contribution in [2.75, 3.05) is 5.43 Å². The Morgan fingerprint density at radius 2 is 2.00 bits per heavy atom. The molecule has 2 N–H and O–H groups in total. The Morgan fingerprint density at radius 1 is 1.27 bits per heavy atom. The third-order valence-electron chi connectivity index (χ3n) is 3.37. The first-order valence-electron chi connectivity index (χ1n) is 6.61. The molecule has 8 heteroatoms. The predicted molar refractivity (Wildman–Crippen MR) is 74.0 cm³/mol. The van der Waals surface area contributed by atoms with Gasteiger partial charge in [-0.1, -0.05) is 12.1 Å². The molecule has 2 amide bonds. The van der Waals surface area contributed by atoms with Crippen LogP contribution in [-0.4, -0.2) is 31.9 Å². The molecule has 0 aliphatic carbocycles. The number of hydrogen-bond acceptors (Lipinski definition) is 3. The third kappa shape index (κ3) is 2.90. The van der Waals surface area contributed by atoms with Gasteiger partial charge >= 0.3 is 6.09 Å². The normalized spacial score (nSPS) is 13.0. The van der Waals surface area contributed by atoms with Gasteiger partial charge in [-0.15, -0.1) is 0 Å². The summed E-state index contributed by atoms with van der Waals surface area (Å²) in [5.41, 5.74) is 4.67. The van der Waals surface area contributed by atoms with Gasteiger partial charge < -0.3 is 5.11 Å². The fourth-order valence-electron chi connectivity index (χ4n) is 2.30. The first-order valence-corrected chi connectivity index (χ1v) is 6.61. The highest BCUT2D eigenvalue weighted by Crippen LogP contribution is 2.20. The smallest absolute Gasteiger partial charge is 0.407 e. The van der Waals surface area contributed by atoms with Gasteiger partial charge in [0.15, 0.2) is 0 Å². The van der Waals surface area contributed by atoms with E-state index in [1.54, 1.807) is 18.3 Å². The maximum absolute atomic E-state index is 12.8. The minimum absolute atomic E-state index is 0.103. The number of rotatable bonds is 3. The van der Waals surface area contributed by atoms with Crippen molar-refractivity contribution in [3.05, 3.63) is 53.1 Å². The largest absolute Gasteiger partial charge is 0.465 e. The SMILES string of the molecule is O=C(Cc1ccc(F)cc1)Nn1cc2c(n1)CN(C(=O)O)C2. The first-order chi connectivity index (χ1) is 10.5.